The first-order valence-electron chi connectivity index (χ1n) is 9.11. The predicted molar refractivity (Wildman–Crippen MR) is 109 cm³/mol. The van der Waals surface area contributed by atoms with Crippen molar-refractivity contribution in [3.63, 3.8) is 0 Å². The van der Waals surface area contributed by atoms with Crippen molar-refractivity contribution in [2.75, 3.05) is 11.9 Å². The van der Waals surface area contributed by atoms with Gasteiger partial charge in [0, 0.05) is 28.8 Å². The van der Waals surface area contributed by atoms with E-state index in [9.17, 15) is 18.4 Å². The van der Waals surface area contributed by atoms with Gasteiger partial charge in [0.05, 0.1) is 18.3 Å². The Morgan fingerprint density at radius 1 is 1.27 bits per heavy atom. The summed E-state index contributed by atoms with van der Waals surface area (Å²) < 4.78 is 27.8. The number of rotatable bonds is 6. The molecule has 1 aromatic heterocycles. The van der Waals surface area contributed by atoms with Crippen LogP contribution in [-0.4, -0.2) is 39.9 Å². The summed E-state index contributed by atoms with van der Waals surface area (Å²) in [5.74, 6) is -3.63. The number of amides is 2. The molecule has 2 N–H and O–H groups in total. The number of aromatic nitrogens is 2. The van der Waals surface area contributed by atoms with Crippen LogP contribution in [0.15, 0.2) is 48.5 Å². The van der Waals surface area contributed by atoms with E-state index in [1.165, 1.54) is 0 Å². The van der Waals surface area contributed by atoms with Gasteiger partial charge in [-0.3, -0.25) is 14.7 Å². The molecule has 9 heteroatoms. The fourth-order valence-electron chi connectivity index (χ4n) is 3.69. The number of fused-ring (bicyclic) bond motifs is 1. The maximum absolute atomic E-state index is 13.9. The molecule has 0 spiro atoms. The average Bonchev–Trinajstić information content (AvgIpc) is 3.22. The maximum atomic E-state index is 13.9. The van der Waals surface area contributed by atoms with E-state index in [4.69, 9.17) is 11.6 Å². The van der Waals surface area contributed by atoms with Crippen LogP contribution in [0, 0.1) is 0 Å². The second-order valence-corrected chi connectivity index (χ2v) is 7.60. The first kappa shape index (κ1) is 20.0. The van der Waals surface area contributed by atoms with Crippen molar-refractivity contribution in [1.82, 2.24) is 15.1 Å². The van der Waals surface area contributed by atoms with E-state index in [1.54, 1.807) is 48.5 Å². The molecule has 30 heavy (non-hydrogen) atoms. The molecule has 6 nitrogen and oxygen atoms in total. The summed E-state index contributed by atoms with van der Waals surface area (Å²) in [7, 11) is 0. The van der Waals surface area contributed by atoms with Crippen molar-refractivity contribution < 1.29 is 18.4 Å². The second-order valence-electron chi connectivity index (χ2n) is 7.16. The summed E-state index contributed by atoms with van der Waals surface area (Å²) in [6.45, 7) is 0.0352. The van der Waals surface area contributed by atoms with Gasteiger partial charge in [-0.15, -0.1) is 0 Å². The maximum Gasteiger partial charge on any atom is 0.273 e. The second kappa shape index (κ2) is 7.53. The number of carbonyl (C=O) groups is 2. The Labute approximate surface area is 175 Å². The standard InChI is InChI=1S/C21H17ClF2N4O2/c1-21(23,24)10-28-19(12-5-7-14(22)8-6-12)16-17(26-27-18(16)20(28)30)13-3-2-4-15(9-13)25-11-29/h2-9,11,19H,10H2,1H3,(H,25,29)(H,26,27). The molecule has 4 rings (SSSR count). The van der Waals surface area contributed by atoms with Gasteiger partial charge < -0.3 is 10.2 Å². The summed E-state index contributed by atoms with van der Waals surface area (Å²) in [5, 5.41) is 10.1. The number of hydrogen-bond acceptors (Lipinski definition) is 3. The molecule has 154 valence electrons. The lowest BCUT2D eigenvalue weighted by Crippen LogP contribution is -2.38. The van der Waals surface area contributed by atoms with Gasteiger partial charge >= 0.3 is 0 Å². The minimum absolute atomic E-state index is 0.169. The summed E-state index contributed by atoms with van der Waals surface area (Å²) in [5.41, 5.74) is 2.95. The molecule has 1 aliphatic rings. The molecule has 1 aliphatic heterocycles. The van der Waals surface area contributed by atoms with Gasteiger partial charge in [0.2, 0.25) is 6.41 Å². The number of hydrogen-bond donors (Lipinski definition) is 2. The zero-order valence-corrected chi connectivity index (χ0v) is 16.6. The number of anilines is 1. The van der Waals surface area contributed by atoms with Crippen LogP contribution in [0.1, 0.15) is 34.6 Å². The number of carbonyl (C=O) groups excluding carboxylic acids is 2. The third kappa shape index (κ3) is 3.66. The van der Waals surface area contributed by atoms with Crippen LogP contribution in [0.2, 0.25) is 5.02 Å². The molecule has 1 atom stereocenters. The molecule has 0 saturated heterocycles. The SMILES string of the molecule is CC(F)(F)CN1C(=O)c2[nH]nc(-c3cccc(NC=O)c3)c2C1c1ccc(Cl)cc1. The molecule has 2 aromatic carbocycles. The highest BCUT2D eigenvalue weighted by molar-refractivity contribution is 6.30. The van der Waals surface area contributed by atoms with E-state index in [0.717, 1.165) is 11.8 Å². The molecular weight excluding hydrogens is 414 g/mol. The topological polar surface area (TPSA) is 78.1 Å². The van der Waals surface area contributed by atoms with Crippen LogP contribution in [0.5, 0.6) is 0 Å². The van der Waals surface area contributed by atoms with Gasteiger partial charge in [-0.05, 0) is 29.8 Å². The van der Waals surface area contributed by atoms with Gasteiger partial charge in [-0.2, -0.15) is 5.10 Å². The largest absolute Gasteiger partial charge is 0.329 e. The highest BCUT2D eigenvalue weighted by Crippen LogP contribution is 2.44. The number of benzene rings is 2. The molecule has 2 amide bonds. The number of halogens is 3. The lowest BCUT2D eigenvalue weighted by Gasteiger charge is -2.28. The van der Waals surface area contributed by atoms with Crippen LogP contribution >= 0.6 is 11.6 Å². The van der Waals surface area contributed by atoms with Gasteiger partial charge in [0.25, 0.3) is 11.8 Å². The van der Waals surface area contributed by atoms with Crippen molar-refractivity contribution >= 4 is 29.6 Å². The predicted octanol–water partition coefficient (Wildman–Crippen LogP) is 4.50. The van der Waals surface area contributed by atoms with Gasteiger partial charge in [0.1, 0.15) is 5.69 Å². The monoisotopic (exact) mass is 430 g/mol. The van der Waals surface area contributed by atoms with Crippen molar-refractivity contribution in [2.45, 2.75) is 18.9 Å². The molecule has 0 saturated carbocycles. The van der Waals surface area contributed by atoms with Crippen molar-refractivity contribution in [2.24, 2.45) is 0 Å². The fraction of sp³-hybridized carbons (Fsp3) is 0.190. The highest BCUT2D eigenvalue weighted by Gasteiger charge is 2.45. The molecule has 0 radical (unpaired) electrons. The van der Waals surface area contributed by atoms with Crippen molar-refractivity contribution in [1.29, 1.82) is 0 Å². The Bertz CT molecular complexity index is 1110. The molecule has 3 aromatic rings. The molecule has 0 fully saturated rings. The van der Waals surface area contributed by atoms with Crippen molar-refractivity contribution in [3.8, 4) is 11.3 Å². The van der Waals surface area contributed by atoms with Crippen LogP contribution in [-0.2, 0) is 4.79 Å². The Kier molecular flexibility index (Phi) is 5.03. The quantitative estimate of drug-likeness (QED) is 0.565. The Morgan fingerprint density at radius 2 is 2.00 bits per heavy atom. The Balaban J connectivity index is 1.86. The zero-order chi connectivity index (χ0) is 21.5. The Morgan fingerprint density at radius 3 is 2.67 bits per heavy atom. The smallest absolute Gasteiger partial charge is 0.273 e. The number of aromatic amines is 1. The van der Waals surface area contributed by atoms with Crippen LogP contribution in [0.4, 0.5) is 14.5 Å². The van der Waals surface area contributed by atoms with Gasteiger partial charge in [0.15, 0.2) is 0 Å². The first-order chi connectivity index (χ1) is 14.3. The Hall–Kier alpha value is -3.26. The third-order valence-corrected chi connectivity index (χ3v) is 5.11. The normalized spacial score (nSPS) is 15.9. The zero-order valence-electron chi connectivity index (χ0n) is 15.8. The van der Waals surface area contributed by atoms with Gasteiger partial charge in [-0.25, -0.2) is 8.78 Å². The van der Waals surface area contributed by atoms with Gasteiger partial charge in [-0.1, -0.05) is 35.9 Å². The minimum Gasteiger partial charge on any atom is -0.329 e. The molecular formula is C21H17ClF2N4O2. The summed E-state index contributed by atoms with van der Waals surface area (Å²) in [4.78, 5) is 24.9. The number of nitrogens with zero attached hydrogens (tertiary/aromatic N) is 2. The molecule has 0 aliphatic carbocycles. The first-order valence-corrected chi connectivity index (χ1v) is 9.49. The van der Waals surface area contributed by atoms with Crippen molar-refractivity contribution in [3.05, 3.63) is 70.4 Å². The number of nitrogens with one attached hydrogen (secondary N) is 2. The third-order valence-electron chi connectivity index (χ3n) is 4.86. The molecule has 1 unspecified atom stereocenters. The van der Waals surface area contributed by atoms with Crippen LogP contribution in [0.25, 0.3) is 11.3 Å². The number of H-pyrrole nitrogens is 1. The van der Waals surface area contributed by atoms with Crippen LogP contribution in [0.3, 0.4) is 0 Å². The lowest BCUT2D eigenvalue weighted by atomic mass is 9.96. The fourth-order valence-corrected chi connectivity index (χ4v) is 3.82. The van der Waals surface area contributed by atoms with E-state index in [-0.39, 0.29) is 5.69 Å². The van der Waals surface area contributed by atoms with E-state index in [0.29, 0.717) is 39.5 Å². The number of alkyl halides is 2. The summed E-state index contributed by atoms with van der Waals surface area (Å²) in [6, 6.07) is 12.9. The minimum atomic E-state index is -3.08. The average molecular weight is 431 g/mol. The highest BCUT2D eigenvalue weighted by atomic mass is 35.5. The summed E-state index contributed by atoms with van der Waals surface area (Å²) in [6.07, 6.45) is 0.555. The van der Waals surface area contributed by atoms with Crippen LogP contribution < -0.4 is 5.32 Å². The lowest BCUT2D eigenvalue weighted by molar-refractivity contribution is -0.105. The van der Waals surface area contributed by atoms with E-state index < -0.39 is 24.4 Å². The van der Waals surface area contributed by atoms with E-state index >= 15 is 0 Å². The molecule has 2 heterocycles. The summed E-state index contributed by atoms with van der Waals surface area (Å²) >= 11 is 5.99. The van der Waals surface area contributed by atoms with E-state index in [2.05, 4.69) is 15.5 Å². The molecule has 0 bridgehead atoms. The van der Waals surface area contributed by atoms with E-state index in [1.807, 2.05) is 0 Å².